The van der Waals surface area contributed by atoms with E-state index in [4.69, 9.17) is 0 Å². The molecule has 1 heterocycles. The Morgan fingerprint density at radius 3 is 2.70 bits per heavy atom. The Morgan fingerprint density at radius 2 is 2.00 bits per heavy atom. The van der Waals surface area contributed by atoms with E-state index in [0.717, 1.165) is 35.5 Å². The molecule has 0 fully saturated rings. The number of hydrogen-bond acceptors (Lipinski definition) is 3. The molecule has 0 atom stereocenters. The summed E-state index contributed by atoms with van der Waals surface area (Å²) >= 11 is 3.48. The highest BCUT2D eigenvalue weighted by Crippen LogP contribution is 2.20. The van der Waals surface area contributed by atoms with Crippen LogP contribution in [0.2, 0.25) is 0 Å². The summed E-state index contributed by atoms with van der Waals surface area (Å²) in [5.41, 5.74) is 3.87. The molecule has 0 unspecified atom stereocenters. The van der Waals surface area contributed by atoms with Gasteiger partial charge in [-0.3, -0.25) is 0 Å². The van der Waals surface area contributed by atoms with E-state index < -0.39 is 0 Å². The first kappa shape index (κ1) is 15.0. The highest BCUT2D eigenvalue weighted by atomic mass is 79.9. The van der Waals surface area contributed by atoms with Crippen molar-refractivity contribution in [3.8, 4) is 0 Å². The average molecular weight is 334 g/mol. The summed E-state index contributed by atoms with van der Waals surface area (Å²) in [7, 11) is 0. The average Bonchev–Trinajstić information content (AvgIpc) is 2.43. The lowest BCUT2D eigenvalue weighted by Gasteiger charge is -2.09. The van der Waals surface area contributed by atoms with Gasteiger partial charge in [-0.25, -0.2) is 9.97 Å². The second-order valence-corrected chi connectivity index (χ2v) is 5.86. The fourth-order valence-electron chi connectivity index (χ4n) is 1.95. The predicted molar refractivity (Wildman–Crippen MR) is 87.2 cm³/mol. The van der Waals surface area contributed by atoms with Crippen molar-refractivity contribution in [2.45, 2.75) is 33.6 Å². The number of anilines is 1. The van der Waals surface area contributed by atoms with E-state index in [1.165, 1.54) is 16.7 Å². The van der Waals surface area contributed by atoms with E-state index in [1.54, 1.807) is 0 Å². The van der Waals surface area contributed by atoms with Gasteiger partial charge in [-0.15, -0.1) is 0 Å². The molecular formula is C16H20BrN3. The van der Waals surface area contributed by atoms with Crippen LogP contribution in [-0.2, 0) is 6.42 Å². The van der Waals surface area contributed by atoms with Crippen molar-refractivity contribution in [1.82, 2.24) is 9.97 Å². The first-order valence-corrected chi connectivity index (χ1v) is 7.71. The normalized spacial score (nSPS) is 10.6. The van der Waals surface area contributed by atoms with Gasteiger partial charge in [-0.1, -0.05) is 25.1 Å². The van der Waals surface area contributed by atoms with Gasteiger partial charge in [-0.05, 0) is 52.9 Å². The number of halogens is 1. The summed E-state index contributed by atoms with van der Waals surface area (Å²) in [6.45, 7) is 7.31. The molecule has 0 aliphatic carbocycles. The molecule has 106 valence electrons. The number of aryl methyl sites for hydroxylation is 2. The predicted octanol–water partition coefficient (Wildman–Crippen LogP) is 4.27. The van der Waals surface area contributed by atoms with E-state index in [0.29, 0.717) is 0 Å². The Balaban J connectivity index is 2.18. The van der Waals surface area contributed by atoms with Crippen LogP contribution in [-0.4, -0.2) is 16.5 Å². The number of rotatable bonds is 5. The van der Waals surface area contributed by atoms with E-state index in [1.807, 2.05) is 6.20 Å². The number of hydrogen-bond donors (Lipinski definition) is 1. The highest BCUT2D eigenvalue weighted by Gasteiger charge is 2.06. The second kappa shape index (κ2) is 6.84. The molecule has 20 heavy (non-hydrogen) atoms. The maximum absolute atomic E-state index is 4.59. The highest BCUT2D eigenvalue weighted by molar-refractivity contribution is 9.10. The standard InChI is InChI=1S/C16H20BrN3/c1-4-7-18-16-14(17)10-19-15(20-16)9-13-6-5-11(2)12(3)8-13/h5-6,8,10H,4,7,9H2,1-3H3,(H,18,19,20). The van der Waals surface area contributed by atoms with Crippen LogP contribution in [0.1, 0.15) is 35.9 Å². The maximum Gasteiger partial charge on any atom is 0.144 e. The van der Waals surface area contributed by atoms with Gasteiger partial charge in [0.1, 0.15) is 11.6 Å². The van der Waals surface area contributed by atoms with Crippen molar-refractivity contribution in [2.75, 3.05) is 11.9 Å². The molecule has 1 N–H and O–H groups in total. The molecule has 0 spiro atoms. The summed E-state index contributed by atoms with van der Waals surface area (Å²) in [4.78, 5) is 8.98. The van der Waals surface area contributed by atoms with E-state index in [9.17, 15) is 0 Å². The van der Waals surface area contributed by atoms with Crippen molar-refractivity contribution in [3.05, 3.63) is 51.4 Å². The van der Waals surface area contributed by atoms with Crippen LogP contribution in [0.15, 0.2) is 28.9 Å². The van der Waals surface area contributed by atoms with E-state index in [2.05, 4.69) is 70.2 Å². The maximum atomic E-state index is 4.59. The lowest BCUT2D eigenvalue weighted by molar-refractivity contribution is 0.926. The third kappa shape index (κ3) is 3.79. The van der Waals surface area contributed by atoms with Gasteiger partial charge in [0.15, 0.2) is 0 Å². The summed E-state index contributed by atoms with van der Waals surface area (Å²) in [5.74, 6) is 1.72. The molecule has 0 bridgehead atoms. The van der Waals surface area contributed by atoms with Crippen LogP contribution in [0.4, 0.5) is 5.82 Å². The fourth-order valence-corrected chi connectivity index (χ4v) is 2.28. The second-order valence-electron chi connectivity index (χ2n) is 5.00. The molecular weight excluding hydrogens is 314 g/mol. The number of nitrogens with one attached hydrogen (secondary N) is 1. The van der Waals surface area contributed by atoms with Gasteiger partial charge < -0.3 is 5.32 Å². The summed E-state index contributed by atoms with van der Waals surface area (Å²) < 4.78 is 0.912. The third-order valence-electron chi connectivity index (χ3n) is 3.27. The SMILES string of the molecule is CCCNc1nc(Cc2ccc(C)c(C)c2)ncc1Br. The summed E-state index contributed by atoms with van der Waals surface area (Å²) in [6.07, 6.45) is 3.65. The van der Waals surface area contributed by atoms with Crippen molar-refractivity contribution in [2.24, 2.45) is 0 Å². The van der Waals surface area contributed by atoms with Crippen molar-refractivity contribution in [3.63, 3.8) is 0 Å². The Hall–Kier alpha value is -1.42. The number of aromatic nitrogens is 2. The van der Waals surface area contributed by atoms with Gasteiger partial charge in [0.2, 0.25) is 0 Å². The molecule has 2 rings (SSSR count). The Morgan fingerprint density at radius 1 is 1.20 bits per heavy atom. The Labute approximate surface area is 129 Å². The fraction of sp³-hybridized carbons (Fsp3) is 0.375. The molecule has 0 aliphatic rings. The summed E-state index contributed by atoms with van der Waals surface area (Å²) in [6, 6.07) is 6.51. The monoisotopic (exact) mass is 333 g/mol. The van der Waals surface area contributed by atoms with Crippen molar-refractivity contribution < 1.29 is 0 Å². The largest absolute Gasteiger partial charge is 0.369 e. The zero-order valence-electron chi connectivity index (χ0n) is 12.2. The molecule has 1 aromatic carbocycles. The quantitative estimate of drug-likeness (QED) is 0.887. The van der Waals surface area contributed by atoms with Crippen molar-refractivity contribution >= 4 is 21.7 Å². The minimum Gasteiger partial charge on any atom is -0.369 e. The molecule has 0 saturated heterocycles. The minimum atomic E-state index is 0.759. The molecule has 3 nitrogen and oxygen atoms in total. The van der Waals surface area contributed by atoms with Gasteiger partial charge in [0, 0.05) is 19.2 Å². The van der Waals surface area contributed by atoms with Crippen LogP contribution in [0.5, 0.6) is 0 Å². The molecule has 0 amide bonds. The minimum absolute atomic E-state index is 0.759. The van der Waals surface area contributed by atoms with Crippen LogP contribution < -0.4 is 5.32 Å². The number of benzene rings is 1. The van der Waals surface area contributed by atoms with Crippen LogP contribution in [0, 0.1) is 13.8 Å². The number of nitrogens with zero attached hydrogens (tertiary/aromatic N) is 2. The Kier molecular flexibility index (Phi) is 5.12. The Bertz CT molecular complexity index is 596. The van der Waals surface area contributed by atoms with Gasteiger partial charge in [0.25, 0.3) is 0 Å². The topological polar surface area (TPSA) is 37.8 Å². The van der Waals surface area contributed by atoms with Gasteiger partial charge in [-0.2, -0.15) is 0 Å². The van der Waals surface area contributed by atoms with Crippen molar-refractivity contribution in [1.29, 1.82) is 0 Å². The molecule has 0 radical (unpaired) electrons. The first-order chi connectivity index (χ1) is 9.60. The van der Waals surface area contributed by atoms with Crippen LogP contribution in [0.3, 0.4) is 0 Å². The van der Waals surface area contributed by atoms with Crippen LogP contribution in [0.25, 0.3) is 0 Å². The first-order valence-electron chi connectivity index (χ1n) is 6.91. The molecule has 1 aromatic heterocycles. The molecule has 0 aliphatic heterocycles. The van der Waals surface area contributed by atoms with Crippen LogP contribution >= 0.6 is 15.9 Å². The van der Waals surface area contributed by atoms with E-state index >= 15 is 0 Å². The molecule has 0 saturated carbocycles. The molecule has 2 aromatic rings. The lowest BCUT2D eigenvalue weighted by atomic mass is 10.0. The lowest BCUT2D eigenvalue weighted by Crippen LogP contribution is -2.06. The summed E-state index contributed by atoms with van der Waals surface area (Å²) in [5, 5.41) is 3.31. The van der Waals surface area contributed by atoms with E-state index in [-0.39, 0.29) is 0 Å². The molecule has 4 heteroatoms. The third-order valence-corrected chi connectivity index (χ3v) is 3.85. The van der Waals surface area contributed by atoms with Gasteiger partial charge in [0.05, 0.1) is 4.47 Å². The smallest absolute Gasteiger partial charge is 0.144 e. The zero-order valence-corrected chi connectivity index (χ0v) is 13.8. The van der Waals surface area contributed by atoms with Gasteiger partial charge >= 0.3 is 0 Å². The zero-order chi connectivity index (χ0) is 14.5.